The number of Topliss-reactive ketones (excluding diaryl/α,β-unsaturated/α-hetero) is 1. The van der Waals surface area contributed by atoms with Gasteiger partial charge in [-0.25, -0.2) is 0 Å². The molecule has 0 spiro atoms. The fraction of sp³-hybridized carbons (Fsp3) is 0.0714. The van der Waals surface area contributed by atoms with E-state index in [4.69, 9.17) is 0 Å². The van der Waals surface area contributed by atoms with Gasteiger partial charge in [0.1, 0.15) is 5.69 Å². The second kappa shape index (κ2) is 5.83. The van der Waals surface area contributed by atoms with Gasteiger partial charge in [-0.05, 0) is 43.3 Å². The van der Waals surface area contributed by atoms with Crippen LogP contribution < -0.4 is 5.32 Å². The Labute approximate surface area is 123 Å². The fourth-order valence-electron chi connectivity index (χ4n) is 1.70. The highest BCUT2D eigenvalue weighted by molar-refractivity contribution is 9.10. The van der Waals surface area contributed by atoms with Crippen molar-refractivity contribution in [1.82, 2.24) is 0 Å². The maximum absolute atomic E-state index is 11.3. The Morgan fingerprint density at radius 2 is 1.85 bits per heavy atom. The minimum Gasteiger partial charge on any atom is -0.350 e. The van der Waals surface area contributed by atoms with Crippen molar-refractivity contribution in [2.75, 3.05) is 5.32 Å². The van der Waals surface area contributed by atoms with Crippen molar-refractivity contribution in [2.24, 2.45) is 0 Å². The van der Waals surface area contributed by atoms with E-state index in [2.05, 4.69) is 21.2 Å². The number of nitrogens with zero attached hydrogens (tertiary/aromatic N) is 1. The number of halogens is 1. The zero-order valence-electron chi connectivity index (χ0n) is 10.6. The average Bonchev–Trinajstić information content (AvgIpc) is 2.41. The van der Waals surface area contributed by atoms with Gasteiger partial charge in [-0.15, -0.1) is 0 Å². The topological polar surface area (TPSA) is 72.2 Å². The molecule has 0 aliphatic heterocycles. The van der Waals surface area contributed by atoms with Crippen LogP contribution in [0.2, 0.25) is 0 Å². The monoisotopic (exact) mass is 334 g/mol. The number of hydrogen-bond acceptors (Lipinski definition) is 4. The number of ketones is 1. The number of benzene rings is 2. The van der Waals surface area contributed by atoms with Crippen LogP contribution in [0.25, 0.3) is 0 Å². The van der Waals surface area contributed by atoms with Crippen LogP contribution in [0.5, 0.6) is 0 Å². The van der Waals surface area contributed by atoms with Crippen LogP contribution in [0.3, 0.4) is 0 Å². The molecule has 6 heteroatoms. The highest BCUT2D eigenvalue weighted by atomic mass is 79.9. The van der Waals surface area contributed by atoms with Crippen molar-refractivity contribution in [3.8, 4) is 0 Å². The predicted octanol–water partition coefficient (Wildman–Crippen LogP) is 4.30. The summed E-state index contributed by atoms with van der Waals surface area (Å²) in [6.07, 6.45) is 0. The summed E-state index contributed by atoms with van der Waals surface area (Å²) < 4.78 is 0.921. The first-order chi connectivity index (χ1) is 9.47. The van der Waals surface area contributed by atoms with Gasteiger partial charge in [0.25, 0.3) is 5.69 Å². The number of carbonyl (C=O) groups excluding carboxylic acids is 1. The van der Waals surface area contributed by atoms with Gasteiger partial charge in [0.15, 0.2) is 5.78 Å². The van der Waals surface area contributed by atoms with Crippen molar-refractivity contribution < 1.29 is 9.72 Å². The number of nitro benzene ring substituents is 1. The minimum atomic E-state index is -0.506. The van der Waals surface area contributed by atoms with Crippen LogP contribution in [0.15, 0.2) is 46.9 Å². The highest BCUT2D eigenvalue weighted by Crippen LogP contribution is 2.29. The summed E-state index contributed by atoms with van der Waals surface area (Å²) in [6, 6.07) is 11.6. The molecule has 0 unspecified atom stereocenters. The molecule has 0 fully saturated rings. The molecule has 2 aromatic carbocycles. The Morgan fingerprint density at radius 1 is 1.20 bits per heavy atom. The van der Waals surface area contributed by atoms with Crippen LogP contribution in [-0.4, -0.2) is 10.7 Å². The molecular formula is C14H11BrN2O3. The van der Waals surface area contributed by atoms with Gasteiger partial charge in [0.2, 0.25) is 0 Å². The smallest absolute Gasteiger partial charge is 0.293 e. The Bertz CT molecular complexity index is 669. The van der Waals surface area contributed by atoms with Crippen LogP contribution in [-0.2, 0) is 0 Å². The van der Waals surface area contributed by atoms with Crippen molar-refractivity contribution >= 4 is 38.8 Å². The Hall–Kier alpha value is -2.21. The second-order valence-electron chi connectivity index (χ2n) is 4.18. The molecule has 0 bridgehead atoms. The third-order valence-corrected chi connectivity index (χ3v) is 3.25. The van der Waals surface area contributed by atoms with Gasteiger partial charge >= 0.3 is 0 Å². The maximum Gasteiger partial charge on any atom is 0.293 e. The van der Waals surface area contributed by atoms with Crippen LogP contribution in [0.1, 0.15) is 17.3 Å². The molecule has 0 atom stereocenters. The molecule has 20 heavy (non-hydrogen) atoms. The number of anilines is 2. The molecule has 102 valence electrons. The predicted molar refractivity (Wildman–Crippen MR) is 80.5 cm³/mol. The lowest BCUT2D eigenvalue weighted by Gasteiger charge is -2.08. The van der Waals surface area contributed by atoms with Gasteiger partial charge in [-0.1, -0.05) is 15.9 Å². The van der Waals surface area contributed by atoms with E-state index in [9.17, 15) is 14.9 Å². The quantitative estimate of drug-likeness (QED) is 0.514. The van der Waals surface area contributed by atoms with E-state index in [1.165, 1.54) is 19.1 Å². The number of nitrogens with one attached hydrogen (secondary N) is 1. The average molecular weight is 335 g/mol. The van der Waals surface area contributed by atoms with E-state index in [0.717, 1.165) is 10.2 Å². The number of hydrogen-bond donors (Lipinski definition) is 1. The molecule has 1 N–H and O–H groups in total. The van der Waals surface area contributed by atoms with Crippen molar-refractivity contribution in [3.05, 3.63) is 62.6 Å². The molecule has 0 aromatic heterocycles. The normalized spacial score (nSPS) is 10.1. The summed E-state index contributed by atoms with van der Waals surface area (Å²) in [4.78, 5) is 21.9. The van der Waals surface area contributed by atoms with Crippen LogP contribution in [0, 0.1) is 10.1 Å². The van der Waals surface area contributed by atoms with Crippen molar-refractivity contribution in [2.45, 2.75) is 6.92 Å². The van der Waals surface area contributed by atoms with E-state index in [-0.39, 0.29) is 11.5 Å². The summed E-state index contributed by atoms with van der Waals surface area (Å²) in [5.41, 5.74) is 1.27. The third-order valence-electron chi connectivity index (χ3n) is 2.72. The maximum atomic E-state index is 11.3. The van der Waals surface area contributed by atoms with E-state index in [1.54, 1.807) is 18.2 Å². The minimum absolute atomic E-state index is 0.124. The summed E-state index contributed by atoms with van der Waals surface area (Å²) >= 11 is 3.32. The van der Waals surface area contributed by atoms with Gasteiger partial charge in [0.05, 0.1) is 4.92 Å². The van der Waals surface area contributed by atoms with Crippen LogP contribution >= 0.6 is 15.9 Å². The third kappa shape index (κ3) is 3.21. The number of rotatable bonds is 4. The molecule has 0 saturated heterocycles. The largest absolute Gasteiger partial charge is 0.350 e. The first-order valence-corrected chi connectivity index (χ1v) is 6.58. The summed E-state index contributed by atoms with van der Waals surface area (Å²) in [5, 5.41) is 14.1. The zero-order valence-corrected chi connectivity index (χ0v) is 12.2. The number of carbonyl (C=O) groups is 1. The van der Waals surface area contributed by atoms with Crippen molar-refractivity contribution in [1.29, 1.82) is 0 Å². The van der Waals surface area contributed by atoms with Crippen LogP contribution in [0.4, 0.5) is 17.1 Å². The fourth-order valence-corrected chi connectivity index (χ4v) is 1.96. The Balaban J connectivity index is 2.38. The molecule has 0 amide bonds. The van der Waals surface area contributed by atoms with E-state index in [1.807, 2.05) is 12.1 Å². The first-order valence-electron chi connectivity index (χ1n) is 5.79. The second-order valence-corrected chi connectivity index (χ2v) is 5.09. The standard InChI is InChI=1S/C14H11BrN2O3/c1-9(18)10-2-7-13(14(8-10)17(19)20)16-12-5-3-11(15)4-6-12/h2-8,16H,1H3. The van der Waals surface area contributed by atoms with Gasteiger partial charge in [-0.2, -0.15) is 0 Å². The molecule has 0 radical (unpaired) electrons. The highest BCUT2D eigenvalue weighted by Gasteiger charge is 2.16. The molecule has 0 saturated carbocycles. The van der Waals surface area contributed by atoms with E-state index >= 15 is 0 Å². The summed E-state index contributed by atoms with van der Waals surface area (Å²) in [5.74, 6) is -0.205. The molecule has 0 aliphatic rings. The summed E-state index contributed by atoms with van der Waals surface area (Å²) in [7, 11) is 0. The molecule has 2 rings (SSSR count). The van der Waals surface area contributed by atoms with Gasteiger partial charge in [-0.3, -0.25) is 14.9 Å². The molecule has 0 heterocycles. The molecule has 5 nitrogen and oxygen atoms in total. The lowest BCUT2D eigenvalue weighted by molar-refractivity contribution is -0.383. The van der Waals surface area contributed by atoms with Gasteiger partial charge in [0, 0.05) is 21.8 Å². The molecule has 2 aromatic rings. The molecular weight excluding hydrogens is 324 g/mol. The zero-order chi connectivity index (χ0) is 14.7. The molecule has 0 aliphatic carbocycles. The first kappa shape index (κ1) is 14.2. The van der Waals surface area contributed by atoms with Crippen molar-refractivity contribution in [3.63, 3.8) is 0 Å². The van der Waals surface area contributed by atoms with E-state index in [0.29, 0.717) is 11.3 Å². The Morgan fingerprint density at radius 3 is 2.40 bits per heavy atom. The Kier molecular flexibility index (Phi) is 4.14. The number of nitro groups is 1. The summed E-state index contributed by atoms with van der Waals surface area (Å²) in [6.45, 7) is 1.38. The van der Waals surface area contributed by atoms with Gasteiger partial charge < -0.3 is 5.32 Å². The SMILES string of the molecule is CC(=O)c1ccc(Nc2ccc(Br)cc2)c([N+](=O)[O-])c1. The van der Waals surface area contributed by atoms with E-state index < -0.39 is 4.92 Å². The lowest BCUT2D eigenvalue weighted by Crippen LogP contribution is -2.00. The lowest BCUT2D eigenvalue weighted by atomic mass is 10.1.